The molecule has 1 N–H and O–H groups in total. The number of aliphatic hydroxyl groups excluding tert-OH is 1. The second-order valence-corrected chi connectivity index (χ2v) is 4.72. The van der Waals surface area contributed by atoms with Crippen LogP contribution in [0.2, 0.25) is 5.02 Å². The average molecular weight is 259 g/mol. The largest absolute Gasteiger partial charge is 0.493 e. The van der Waals surface area contributed by atoms with Crippen LogP contribution < -0.4 is 9.47 Å². The van der Waals surface area contributed by atoms with Gasteiger partial charge in [-0.05, 0) is 18.4 Å². The summed E-state index contributed by atoms with van der Waals surface area (Å²) in [7, 11) is 1.56. The molecule has 1 aromatic rings. The molecule has 0 fully saturated rings. The summed E-state index contributed by atoms with van der Waals surface area (Å²) >= 11 is 5.92. The zero-order valence-electron chi connectivity index (χ0n) is 10.5. The fraction of sp³-hybridized carbons (Fsp3) is 0.538. The Balaban J connectivity index is 2.87. The summed E-state index contributed by atoms with van der Waals surface area (Å²) in [6, 6.07) is 3.38. The third-order valence-electron chi connectivity index (χ3n) is 2.43. The Labute approximate surface area is 107 Å². The quantitative estimate of drug-likeness (QED) is 0.851. The van der Waals surface area contributed by atoms with E-state index in [1.165, 1.54) is 0 Å². The van der Waals surface area contributed by atoms with Crippen LogP contribution in [0.3, 0.4) is 0 Å². The Kier molecular flexibility index (Phi) is 5.59. The summed E-state index contributed by atoms with van der Waals surface area (Å²) in [6.45, 7) is 4.75. The molecule has 0 saturated heterocycles. The maximum Gasteiger partial charge on any atom is 0.166 e. The molecule has 0 bridgehead atoms. The van der Waals surface area contributed by atoms with E-state index in [0.717, 1.165) is 6.42 Å². The summed E-state index contributed by atoms with van der Waals surface area (Å²) in [5.74, 6) is 1.72. The lowest BCUT2D eigenvalue weighted by Gasteiger charge is -2.15. The van der Waals surface area contributed by atoms with Gasteiger partial charge in [-0.15, -0.1) is 0 Å². The Morgan fingerprint density at radius 3 is 2.59 bits per heavy atom. The van der Waals surface area contributed by atoms with E-state index in [2.05, 4.69) is 13.8 Å². The maximum atomic E-state index is 9.28. The summed E-state index contributed by atoms with van der Waals surface area (Å²) in [4.78, 5) is 0. The molecule has 4 heteroatoms. The minimum Gasteiger partial charge on any atom is -0.493 e. The van der Waals surface area contributed by atoms with Crippen molar-refractivity contribution in [1.82, 2.24) is 0 Å². The minimum atomic E-state index is -0.117. The number of hydrogen-bond donors (Lipinski definition) is 1. The van der Waals surface area contributed by atoms with Crippen LogP contribution in [0, 0.1) is 5.92 Å². The van der Waals surface area contributed by atoms with E-state index < -0.39 is 0 Å². The van der Waals surface area contributed by atoms with Crippen molar-refractivity contribution in [1.29, 1.82) is 0 Å². The molecular formula is C13H19ClO3. The van der Waals surface area contributed by atoms with E-state index in [1.807, 2.05) is 0 Å². The molecule has 0 aliphatic rings. The number of methoxy groups -OCH3 is 1. The number of rotatable bonds is 6. The monoisotopic (exact) mass is 258 g/mol. The highest BCUT2D eigenvalue weighted by Gasteiger charge is 2.12. The molecular weight excluding hydrogens is 240 g/mol. The minimum absolute atomic E-state index is 0.117. The van der Waals surface area contributed by atoms with Crippen LogP contribution in [-0.2, 0) is 6.61 Å². The van der Waals surface area contributed by atoms with Gasteiger partial charge in [0.05, 0.1) is 20.3 Å². The number of halogens is 1. The van der Waals surface area contributed by atoms with Crippen molar-refractivity contribution in [2.24, 2.45) is 5.92 Å². The van der Waals surface area contributed by atoms with Gasteiger partial charge in [-0.25, -0.2) is 0 Å². The van der Waals surface area contributed by atoms with Gasteiger partial charge in [0.1, 0.15) is 0 Å². The number of ether oxygens (including phenoxy) is 2. The first-order chi connectivity index (χ1) is 8.08. The van der Waals surface area contributed by atoms with Crippen molar-refractivity contribution in [3.8, 4) is 11.5 Å². The molecule has 0 amide bonds. The van der Waals surface area contributed by atoms with Gasteiger partial charge in [-0.3, -0.25) is 0 Å². The van der Waals surface area contributed by atoms with Crippen molar-refractivity contribution in [2.75, 3.05) is 13.7 Å². The van der Waals surface area contributed by atoms with Gasteiger partial charge in [0, 0.05) is 16.7 Å². The van der Waals surface area contributed by atoms with Gasteiger partial charge in [0.15, 0.2) is 11.5 Å². The lowest BCUT2D eigenvalue weighted by Crippen LogP contribution is -2.05. The van der Waals surface area contributed by atoms with Crippen molar-refractivity contribution in [2.45, 2.75) is 26.9 Å². The zero-order valence-corrected chi connectivity index (χ0v) is 11.3. The molecule has 0 aliphatic heterocycles. The van der Waals surface area contributed by atoms with Crippen molar-refractivity contribution in [3.63, 3.8) is 0 Å². The number of aliphatic hydroxyl groups is 1. The smallest absolute Gasteiger partial charge is 0.166 e. The van der Waals surface area contributed by atoms with Crippen LogP contribution in [0.25, 0.3) is 0 Å². The van der Waals surface area contributed by atoms with Crippen LogP contribution in [-0.4, -0.2) is 18.8 Å². The van der Waals surface area contributed by atoms with E-state index in [-0.39, 0.29) is 6.61 Å². The average Bonchev–Trinajstić information content (AvgIpc) is 2.29. The first kappa shape index (κ1) is 14.1. The lowest BCUT2D eigenvalue weighted by molar-refractivity contribution is 0.246. The summed E-state index contributed by atoms with van der Waals surface area (Å²) < 4.78 is 10.9. The highest BCUT2D eigenvalue weighted by molar-refractivity contribution is 6.30. The predicted octanol–water partition coefficient (Wildman–Crippen LogP) is 3.27. The molecule has 96 valence electrons. The topological polar surface area (TPSA) is 38.7 Å². The SMILES string of the molecule is COc1cc(Cl)cc(CO)c1OCCC(C)C. The molecule has 1 rings (SSSR count). The van der Waals surface area contributed by atoms with Gasteiger partial charge in [-0.1, -0.05) is 25.4 Å². The van der Waals surface area contributed by atoms with Gasteiger partial charge >= 0.3 is 0 Å². The molecule has 0 atom stereocenters. The second kappa shape index (κ2) is 6.72. The van der Waals surface area contributed by atoms with Crippen molar-refractivity contribution >= 4 is 11.6 Å². The van der Waals surface area contributed by atoms with Crippen molar-refractivity contribution in [3.05, 3.63) is 22.7 Å². The zero-order chi connectivity index (χ0) is 12.8. The first-order valence-electron chi connectivity index (χ1n) is 5.68. The molecule has 0 saturated carbocycles. The Morgan fingerprint density at radius 1 is 1.35 bits per heavy atom. The van der Waals surface area contributed by atoms with E-state index in [1.54, 1.807) is 19.2 Å². The molecule has 0 spiro atoms. The third-order valence-corrected chi connectivity index (χ3v) is 2.65. The molecule has 0 radical (unpaired) electrons. The molecule has 17 heavy (non-hydrogen) atoms. The molecule has 3 nitrogen and oxygen atoms in total. The van der Waals surface area contributed by atoms with Crippen LogP contribution >= 0.6 is 11.6 Å². The predicted molar refractivity (Wildman–Crippen MR) is 68.9 cm³/mol. The van der Waals surface area contributed by atoms with Gasteiger partial charge in [0.25, 0.3) is 0 Å². The van der Waals surface area contributed by atoms with Crippen LogP contribution in [0.15, 0.2) is 12.1 Å². The second-order valence-electron chi connectivity index (χ2n) is 4.29. The van der Waals surface area contributed by atoms with Crippen LogP contribution in [0.5, 0.6) is 11.5 Å². The van der Waals surface area contributed by atoms with Gasteiger partial charge < -0.3 is 14.6 Å². The van der Waals surface area contributed by atoms with Crippen LogP contribution in [0.1, 0.15) is 25.8 Å². The van der Waals surface area contributed by atoms with Gasteiger partial charge in [0.2, 0.25) is 0 Å². The summed E-state index contributed by atoms with van der Waals surface area (Å²) in [5, 5.41) is 9.81. The molecule has 0 unspecified atom stereocenters. The normalized spacial score (nSPS) is 10.7. The third kappa shape index (κ3) is 4.10. The fourth-order valence-electron chi connectivity index (χ4n) is 1.45. The summed E-state index contributed by atoms with van der Waals surface area (Å²) in [5.41, 5.74) is 0.651. The first-order valence-corrected chi connectivity index (χ1v) is 6.06. The van der Waals surface area contributed by atoms with Gasteiger partial charge in [-0.2, -0.15) is 0 Å². The summed E-state index contributed by atoms with van der Waals surface area (Å²) in [6.07, 6.45) is 0.955. The highest BCUT2D eigenvalue weighted by atomic mass is 35.5. The molecule has 0 aromatic heterocycles. The number of hydrogen-bond acceptors (Lipinski definition) is 3. The highest BCUT2D eigenvalue weighted by Crippen LogP contribution is 2.34. The molecule has 0 heterocycles. The fourth-order valence-corrected chi connectivity index (χ4v) is 1.68. The standard InChI is InChI=1S/C13H19ClO3/c1-9(2)4-5-17-13-10(8-15)6-11(14)7-12(13)16-3/h6-7,9,15H,4-5,8H2,1-3H3. The van der Waals surface area contributed by atoms with Crippen molar-refractivity contribution < 1.29 is 14.6 Å². The van der Waals surface area contributed by atoms with E-state index in [9.17, 15) is 5.11 Å². The molecule has 0 aliphatic carbocycles. The molecule has 1 aromatic carbocycles. The maximum absolute atomic E-state index is 9.28. The van der Waals surface area contributed by atoms with E-state index >= 15 is 0 Å². The Bertz CT molecular complexity index is 339. The van der Waals surface area contributed by atoms with E-state index in [4.69, 9.17) is 21.1 Å². The van der Waals surface area contributed by atoms with E-state index in [0.29, 0.717) is 34.6 Å². The Morgan fingerprint density at radius 2 is 2.06 bits per heavy atom. The lowest BCUT2D eigenvalue weighted by atomic mass is 10.1. The Hall–Kier alpha value is -0.930. The number of benzene rings is 1. The van der Waals surface area contributed by atoms with Crippen LogP contribution in [0.4, 0.5) is 0 Å².